The fourth-order valence-corrected chi connectivity index (χ4v) is 16.2. The van der Waals surface area contributed by atoms with Gasteiger partial charge in [-0.3, -0.25) is 0 Å². The topological polar surface area (TPSA) is 351 Å². The minimum atomic E-state index is -0.989. The number of fused-ring (bicyclic) bond motifs is 2. The minimum Gasteiger partial charge on any atom is -0.494 e. The molecule has 2 aliphatic rings. The zero-order valence-electron chi connectivity index (χ0n) is 66.3. The molecule has 0 radical (unpaired) electrons. The molecule has 0 aliphatic carbocycles. The van der Waals surface area contributed by atoms with Crippen molar-refractivity contribution >= 4 is 101 Å². The van der Waals surface area contributed by atoms with Crippen LogP contribution < -0.4 is 37.9 Å². The third kappa shape index (κ3) is 31.7. The summed E-state index contributed by atoms with van der Waals surface area (Å²) < 4.78 is 79.2. The first-order chi connectivity index (χ1) is 58.4. The van der Waals surface area contributed by atoms with Crippen LogP contribution in [-0.2, 0) is 52.4 Å². The maximum absolute atomic E-state index is 13.8. The van der Waals surface area contributed by atoms with Crippen LogP contribution >= 0.6 is 47.0 Å². The maximum atomic E-state index is 13.8. The quantitative estimate of drug-likeness (QED) is 0.00541. The Bertz CT molecular complexity index is 4560. The number of ether oxygens (including phenoxy) is 14. The summed E-state index contributed by atoms with van der Waals surface area (Å²) in [5, 5.41) is 30.5. The third-order valence-corrected chi connectivity index (χ3v) is 22.8. The van der Waals surface area contributed by atoms with Gasteiger partial charge in [-0.1, -0.05) is 79.8 Å². The standard InChI is InChI=1S/C90H94N2O24S4/c1-5-75(93)107-53-23-13-9-19-49-103-65-37-29-61(30-38-65)83(97)113-71-45-46-72(114-84(98)62-31-39-66(40-32-62)104-50-20-10-14-24-54-108-76(94)6-2)80-79(71)117-89(118-80)69(59-91)87(101)111-57-27-17-18-28-58-112-88(102)70(60-92)90-119-81-73(115-85(99)63-33-41-67(42-34-63)105-51-21-11-15-25-55-109-77(95)7-3)47-48-74(82(81)120-90)116-86(100)64-35-43-68(44-36-64)106-52-22-12-16-26-56-110-78(96)8-4/h5-8,29-48,75,93H,1-4,9-28,49-58H2/b89-69-. The number of aliphatic hydroxyl groups excluding tert-OH is 1. The van der Waals surface area contributed by atoms with Crippen LogP contribution in [0.2, 0.25) is 0 Å². The number of nitrogens with zero attached hydrogens (tertiary/aromatic N) is 2. The van der Waals surface area contributed by atoms with Crippen molar-refractivity contribution in [3.63, 3.8) is 0 Å². The van der Waals surface area contributed by atoms with Gasteiger partial charge in [0.1, 0.15) is 58.1 Å². The predicted octanol–water partition coefficient (Wildman–Crippen LogP) is 18.2. The van der Waals surface area contributed by atoms with Crippen molar-refractivity contribution in [3.05, 3.63) is 214 Å². The molecule has 6 aromatic carbocycles. The highest BCUT2D eigenvalue weighted by Crippen LogP contribution is 2.60. The Morgan fingerprint density at radius 3 is 0.767 bits per heavy atom. The number of benzene rings is 6. The second-order valence-electron chi connectivity index (χ2n) is 26.4. The van der Waals surface area contributed by atoms with E-state index in [9.17, 15) is 58.8 Å². The summed E-state index contributed by atoms with van der Waals surface area (Å²) in [6.45, 7) is 16.5. The Morgan fingerprint density at radius 1 is 0.317 bits per heavy atom. The summed E-state index contributed by atoms with van der Waals surface area (Å²) in [5.74, 6) is -3.89. The van der Waals surface area contributed by atoms with Crippen LogP contribution in [-0.4, -0.2) is 131 Å². The molecule has 120 heavy (non-hydrogen) atoms. The van der Waals surface area contributed by atoms with E-state index in [4.69, 9.17) is 66.3 Å². The molecular formula is C90H94N2O24S4. The van der Waals surface area contributed by atoms with Crippen LogP contribution in [0, 0.1) is 22.7 Å². The lowest BCUT2D eigenvalue weighted by atomic mass is 10.2. The Balaban J connectivity index is 0.858. The number of unbranched alkanes of at least 4 members (excludes halogenated alkanes) is 15. The van der Waals surface area contributed by atoms with Gasteiger partial charge in [0, 0.05) is 18.2 Å². The lowest BCUT2D eigenvalue weighted by Gasteiger charge is -2.12. The summed E-state index contributed by atoms with van der Waals surface area (Å²) >= 11 is 3.83. The summed E-state index contributed by atoms with van der Waals surface area (Å²) in [5.41, 5.74) is 0.0364. The number of thioether (sulfide) groups is 4. The Labute approximate surface area is 713 Å². The average molecular weight is 1720 g/mol. The normalized spacial score (nSPS) is 12.2. The van der Waals surface area contributed by atoms with Crippen molar-refractivity contribution in [3.8, 4) is 58.1 Å². The van der Waals surface area contributed by atoms with Gasteiger partial charge in [0.15, 0.2) is 17.4 Å². The Hall–Kier alpha value is -11.5. The van der Waals surface area contributed by atoms with E-state index in [1.54, 1.807) is 97.1 Å². The van der Waals surface area contributed by atoms with Crippen LogP contribution in [0.25, 0.3) is 0 Å². The second-order valence-corrected chi connectivity index (χ2v) is 31.0. The van der Waals surface area contributed by atoms with E-state index in [2.05, 4.69) is 26.3 Å². The van der Waals surface area contributed by atoms with Crippen molar-refractivity contribution in [2.45, 2.75) is 154 Å². The third-order valence-electron chi connectivity index (χ3n) is 17.5. The molecule has 6 aromatic rings. The first kappa shape index (κ1) is 94.0. The number of carbonyl (C=O) groups is 9. The lowest BCUT2D eigenvalue weighted by molar-refractivity contribution is -0.139. The van der Waals surface area contributed by atoms with Gasteiger partial charge >= 0.3 is 53.7 Å². The summed E-state index contributed by atoms with van der Waals surface area (Å²) in [6.07, 6.45) is 18.0. The van der Waals surface area contributed by atoms with Crippen molar-refractivity contribution in [1.29, 1.82) is 10.5 Å². The van der Waals surface area contributed by atoms with Crippen molar-refractivity contribution in [1.82, 2.24) is 0 Å². The van der Waals surface area contributed by atoms with E-state index >= 15 is 0 Å². The first-order valence-electron chi connectivity index (χ1n) is 39.2. The molecule has 1 atom stereocenters. The van der Waals surface area contributed by atoms with Gasteiger partial charge in [-0.25, -0.2) is 43.2 Å². The molecule has 0 aromatic heterocycles. The van der Waals surface area contributed by atoms with Crippen molar-refractivity contribution in [2.75, 3.05) is 66.1 Å². The van der Waals surface area contributed by atoms with Gasteiger partial charge in [-0.05, 0) is 249 Å². The highest BCUT2D eigenvalue weighted by Gasteiger charge is 2.35. The Kier molecular flexibility index (Phi) is 41.1. The molecule has 8 rings (SSSR count). The molecule has 0 fully saturated rings. The SMILES string of the molecule is C=CC(=O)OCCCCCCOc1ccc(C(=O)Oc2ccc(OC(=O)c3ccc(OCCCCCCOC(=O)C=C)cc3)c3c2SC(=C(C#N)C(=O)OCCCCCCOC(=O)/C(C#N)=C2\Sc4c(OC(=O)c5ccc(OCCCCCCOC(=O)C=C)cc5)ccc(OC(=O)c5ccc(OCCCCCCOC(O)C=C)cc5)c4S2)S3)cc1. The number of aliphatic hydroxyl groups is 1. The fourth-order valence-electron chi connectivity index (χ4n) is 11.1. The van der Waals surface area contributed by atoms with E-state index < -0.39 is 60.0 Å². The molecule has 1 N–H and O–H groups in total. The molecule has 0 spiro atoms. The smallest absolute Gasteiger partial charge is 0.350 e. The molecule has 0 bridgehead atoms. The Morgan fingerprint density at radius 2 is 0.542 bits per heavy atom. The summed E-state index contributed by atoms with van der Waals surface area (Å²) in [6, 6.07) is 35.2. The average Bonchev–Trinajstić information content (AvgIpc) is 1.58. The van der Waals surface area contributed by atoms with Gasteiger partial charge in [0.25, 0.3) is 0 Å². The van der Waals surface area contributed by atoms with Gasteiger partial charge in [-0.15, -0.1) is 0 Å². The number of hydrogen-bond acceptors (Lipinski definition) is 30. The van der Waals surface area contributed by atoms with Crippen LogP contribution in [0.15, 0.2) is 211 Å². The first-order valence-corrected chi connectivity index (χ1v) is 42.5. The minimum absolute atomic E-state index is 0.0486. The molecule has 2 aliphatic heterocycles. The van der Waals surface area contributed by atoms with Crippen LogP contribution in [0.1, 0.15) is 170 Å². The molecule has 30 heteroatoms. The van der Waals surface area contributed by atoms with E-state index in [1.165, 1.54) is 30.3 Å². The number of esters is 9. The second kappa shape index (κ2) is 52.4. The molecule has 2 heterocycles. The summed E-state index contributed by atoms with van der Waals surface area (Å²) in [4.78, 5) is 118. The van der Waals surface area contributed by atoms with Crippen molar-refractivity contribution < 1.29 is 115 Å². The largest absolute Gasteiger partial charge is 0.494 e. The van der Waals surface area contributed by atoms with E-state index in [-0.39, 0.29) is 97.7 Å². The van der Waals surface area contributed by atoms with Crippen LogP contribution in [0.5, 0.6) is 46.0 Å². The van der Waals surface area contributed by atoms with E-state index in [1.807, 2.05) is 12.1 Å². The predicted molar refractivity (Wildman–Crippen MR) is 449 cm³/mol. The van der Waals surface area contributed by atoms with Gasteiger partial charge < -0.3 is 71.4 Å². The molecule has 632 valence electrons. The van der Waals surface area contributed by atoms with Crippen LogP contribution in [0.3, 0.4) is 0 Å². The highest BCUT2D eigenvalue weighted by atomic mass is 32.2. The zero-order valence-corrected chi connectivity index (χ0v) is 69.6. The molecular weight excluding hydrogens is 1620 g/mol. The molecule has 0 amide bonds. The fraction of sp³-hybridized carbons (Fsp3) is 0.344. The van der Waals surface area contributed by atoms with E-state index in [0.29, 0.717) is 121 Å². The van der Waals surface area contributed by atoms with Crippen molar-refractivity contribution in [2.24, 2.45) is 0 Å². The molecule has 1 unspecified atom stereocenters. The van der Waals surface area contributed by atoms with Gasteiger partial charge in [-0.2, -0.15) is 10.5 Å². The van der Waals surface area contributed by atoms with Crippen LogP contribution in [0.4, 0.5) is 0 Å². The lowest BCUT2D eigenvalue weighted by Crippen LogP contribution is -2.11. The molecule has 26 nitrogen and oxygen atoms in total. The maximum Gasteiger partial charge on any atom is 0.350 e. The van der Waals surface area contributed by atoms with Gasteiger partial charge in [0.05, 0.1) is 116 Å². The molecule has 0 saturated carbocycles. The number of rotatable bonds is 54. The zero-order chi connectivity index (χ0) is 85.6. The van der Waals surface area contributed by atoms with E-state index in [0.717, 1.165) is 149 Å². The van der Waals surface area contributed by atoms with Gasteiger partial charge in [0.2, 0.25) is 0 Å². The molecule has 0 saturated heterocycles. The monoisotopic (exact) mass is 1710 g/mol. The number of carbonyl (C=O) groups excluding carboxylic acids is 9. The highest BCUT2D eigenvalue weighted by molar-refractivity contribution is 8.25. The summed E-state index contributed by atoms with van der Waals surface area (Å²) in [7, 11) is 0. The number of nitriles is 2. The number of hydrogen-bond donors (Lipinski definition) is 1.